The first-order valence-corrected chi connectivity index (χ1v) is 12.3. The van der Waals surface area contributed by atoms with Gasteiger partial charge in [-0.3, -0.25) is 9.69 Å². The lowest BCUT2D eigenvalue weighted by atomic mass is 9.96. The standard InChI is InChI=1S/C22H27NO7S/c1-4-28-19(24)8-6-16-14(2)15-5-7-18-17(20(15)30-21(16)25)11-23(13-29-18)22(3)9-10-31(26,27)12-22/h5,7H,4,6,8-13H2,1-3H3. The van der Waals surface area contributed by atoms with Crippen LogP contribution in [0.15, 0.2) is 21.3 Å². The van der Waals surface area contributed by atoms with Gasteiger partial charge in [0.15, 0.2) is 9.84 Å². The van der Waals surface area contributed by atoms with Crippen molar-refractivity contribution in [2.24, 2.45) is 0 Å². The molecule has 1 saturated heterocycles. The van der Waals surface area contributed by atoms with Crippen molar-refractivity contribution in [1.82, 2.24) is 4.90 Å². The van der Waals surface area contributed by atoms with Crippen LogP contribution in [0.4, 0.5) is 0 Å². The second kappa shape index (κ2) is 7.94. The van der Waals surface area contributed by atoms with E-state index in [1.165, 1.54) is 0 Å². The van der Waals surface area contributed by atoms with Gasteiger partial charge in [0, 0.05) is 29.5 Å². The minimum atomic E-state index is -3.07. The Balaban J connectivity index is 1.69. The first-order chi connectivity index (χ1) is 14.6. The van der Waals surface area contributed by atoms with Gasteiger partial charge in [0.25, 0.3) is 0 Å². The Labute approximate surface area is 181 Å². The van der Waals surface area contributed by atoms with Crippen LogP contribution in [0.3, 0.4) is 0 Å². The quantitative estimate of drug-likeness (QED) is 0.506. The molecule has 1 fully saturated rings. The normalized spacial score (nSPS) is 22.8. The van der Waals surface area contributed by atoms with Crippen molar-refractivity contribution in [3.63, 3.8) is 0 Å². The fourth-order valence-corrected chi connectivity index (χ4v) is 6.67. The first-order valence-electron chi connectivity index (χ1n) is 10.5. The number of nitrogens with zero attached hydrogens (tertiary/aromatic N) is 1. The van der Waals surface area contributed by atoms with E-state index in [-0.39, 0.29) is 37.0 Å². The SMILES string of the molecule is CCOC(=O)CCc1c(C)c2ccc3c(c2oc1=O)CN(C1(C)CCS(=O)(=O)C1)CO3. The Morgan fingerprint density at radius 2 is 2.10 bits per heavy atom. The molecule has 4 rings (SSSR count). The van der Waals surface area contributed by atoms with E-state index in [0.717, 1.165) is 16.5 Å². The number of sulfone groups is 1. The van der Waals surface area contributed by atoms with Gasteiger partial charge in [-0.2, -0.15) is 0 Å². The summed E-state index contributed by atoms with van der Waals surface area (Å²) >= 11 is 0. The van der Waals surface area contributed by atoms with Crippen LogP contribution in [-0.4, -0.2) is 49.7 Å². The number of benzene rings is 1. The molecule has 0 aliphatic carbocycles. The minimum Gasteiger partial charge on any atom is -0.478 e. The summed E-state index contributed by atoms with van der Waals surface area (Å²) in [5, 5.41) is 0.784. The molecule has 1 unspecified atom stereocenters. The average molecular weight is 450 g/mol. The highest BCUT2D eigenvalue weighted by Crippen LogP contribution is 2.38. The molecular weight excluding hydrogens is 422 g/mol. The third kappa shape index (κ3) is 4.08. The van der Waals surface area contributed by atoms with E-state index in [0.29, 0.717) is 36.5 Å². The molecule has 1 atom stereocenters. The van der Waals surface area contributed by atoms with Gasteiger partial charge in [-0.25, -0.2) is 13.2 Å². The molecule has 168 valence electrons. The number of hydrogen-bond acceptors (Lipinski definition) is 8. The zero-order valence-electron chi connectivity index (χ0n) is 18.0. The summed E-state index contributed by atoms with van der Waals surface area (Å²) in [6.07, 6.45) is 0.901. The van der Waals surface area contributed by atoms with E-state index >= 15 is 0 Å². The highest BCUT2D eigenvalue weighted by atomic mass is 32.2. The lowest BCUT2D eigenvalue weighted by Gasteiger charge is -2.40. The Morgan fingerprint density at radius 3 is 2.77 bits per heavy atom. The van der Waals surface area contributed by atoms with Gasteiger partial charge in [-0.15, -0.1) is 0 Å². The summed E-state index contributed by atoms with van der Waals surface area (Å²) in [7, 11) is -3.07. The van der Waals surface area contributed by atoms with Crippen LogP contribution >= 0.6 is 0 Å². The van der Waals surface area contributed by atoms with Crippen molar-refractivity contribution in [1.29, 1.82) is 0 Å². The van der Waals surface area contributed by atoms with Crippen LogP contribution in [0, 0.1) is 6.92 Å². The first kappa shape index (κ1) is 21.8. The number of rotatable bonds is 5. The summed E-state index contributed by atoms with van der Waals surface area (Å²) in [5.74, 6) is 0.538. The van der Waals surface area contributed by atoms with Crippen molar-refractivity contribution < 1.29 is 27.1 Å². The van der Waals surface area contributed by atoms with Crippen LogP contribution in [0.5, 0.6) is 5.75 Å². The molecule has 3 heterocycles. The zero-order chi connectivity index (χ0) is 22.4. The summed E-state index contributed by atoms with van der Waals surface area (Å²) in [6.45, 7) is 6.54. The lowest BCUT2D eigenvalue weighted by Crippen LogP contribution is -2.50. The molecule has 9 heteroatoms. The lowest BCUT2D eigenvalue weighted by molar-refractivity contribution is -0.143. The van der Waals surface area contributed by atoms with E-state index in [2.05, 4.69) is 0 Å². The van der Waals surface area contributed by atoms with Gasteiger partial charge in [0.1, 0.15) is 18.1 Å². The molecular formula is C22H27NO7S. The highest BCUT2D eigenvalue weighted by Gasteiger charge is 2.44. The van der Waals surface area contributed by atoms with Crippen molar-refractivity contribution in [2.75, 3.05) is 24.8 Å². The predicted octanol–water partition coefficient (Wildman–Crippen LogP) is 2.33. The number of carbonyl (C=O) groups excluding carboxylic acids is 1. The van der Waals surface area contributed by atoms with Gasteiger partial charge >= 0.3 is 11.6 Å². The fraction of sp³-hybridized carbons (Fsp3) is 0.545. The van der Waals surface area contributed by atoms with Crippen molar-refractivity contribution in [2.45, 2.75) is 52.1 Å². The Morgan fingerprint density at radius 1 is 1.32 bits per heavy atom. The number of ether oxygens (including phenoxy) is 2. The monoisotopic (exact) mass is 449 g/mol. The number of hydrogen-bond donors (Lipinski definition) is 0. The molecule has 31 heavy (non-hydrogen) atoms. The number of carbonyl (C=O) groups is 1. The fourth-order valence-electron chi connectivity index (χ4n) is 4.50. The summed E-state index contributed by atoms with van der Waals surface area (Å²) in [6, 6.07) is 3.71. The van der Waals surface area contributed by atoms with Crippen molar-refractivity contribution in [3.8, 4) is 5.75 Å². The maximum Gasteiger partial charge on any atom is 0.339 e. The van der Waals surface area contributed by atoms with E-state index in [9.17, 15) is 18.0 Å². The van der Waals surface area contributed by atoms with E-state index < -0.39 is 21.0 Å². The number of aryl methyl sites for hydroxylation is 1. The molecule has 0 saturated carbocycles. The molecule has 0 spiro atoms. The highest BCUT2D eigenvalue weighted by molar-refractivity contribution is 7.91. The largest absolute Gasteiger partial charge is 0.478 e. The van der Waals surface area contributed by atoms with Crippen molar-refractivity contribution in [3.05, 3.63) is 39.2 Å². The van der Waals surface area contributed by atoms with Crippen molar-refractivity contribution >= 4 is 26.8 Å². The molecule has 0 amide bonds. The van der Waals surface area contributed by atoms with Crippen LogP contribution in [0.2, 0.25) is 0 Å². The van der Waals surface area contributed by atoms with E-state index in [1.807, 2.05) is 30.9 Å². The predicted molar refractivity (Wildman–Crippen MR) is 115 cm³/mol. The van der Waals surface area contributed by atoms with Gasteiger partial charge < -0.3 is 13.9 Å². The molecule has 0 bridgehead atoms. The van der Waals surface area contributed by atoms with Gasteiger partial charge in [-0.1, -0.05) is 0 Å². The Bertz CT molecular complexity index is 1200. The van der Waals surface area contributed by atoms with Crippen LogP contribution in [0.1, 0.15) is 43.4 Å². The molecule has 1 aromatic heterocycles. The zero-order valence-corrected chi connectivity index (χ0v) is 18.8. The van der Waals surface area contributed by atoms with Gasteiger partial charge in [-0.05, 0) is 51.3 Å². The van der Waals surface area contributed by atoms with Gasteiger partial charge in [0.2, 0.25) is 0 Å². The molecule has 2 aliphatic heterocycles. The van der Waals surface area contributed by atoms with Crippen LogP contribution in [0.25, 0.3) is 11.0 Å². The Kier molecular flexibility index (Phi) is 5.59. The molecule has 0 radical (unpaired) electrons. The third-order valence-corrected chi connectivity index (χ3v) is 8.26. The summed E-state index contributed by atoms with van der Waals surface area (Å²) in [4.78, 5) is 26.5. The number of esters is 1. The maximum absolute atomic E-state index is 12.7. The van der Waals surface area contributed by atoms with Crippen LogP contribution < -0.4 is 10.4 Å². The second-order valence-corrected chi connectivity index (χ2v) is 10.7. The number of fused-ring (bicyclic) bond motifs is 3. The molecule has 2 aromatic rings. The smallest absolute Gasteiger partial charge is 0.339 e. The molecule has 1 aromatic carbocycles. The van der Waals surface area contributed by atoms with Gasteiger partial charge in [0.05, 0.1) is 23.7 Å². The molecule has 8 nitrogen and oxygen atoms in total. The second-order valence-electron chi connectivity index (χ2n) is 8.53. The molecule has 2 aliphatic rings. The maximum atomic E-state index is 12.7. The topological polar surface area (TPSA) is 103 Å². The minimum absolute atomic E-state index is 0.0877. The Hall–Kier alpha value is -2.39. The van der Waals surface area contributed by atoms with Crippen LogP contribution in [-0.2, 0) is 32.3 Å². The van der Waals surface area contributed by atoms with E-state index in [4.69, 9.17) is 13.9 Å². The molecule has 0 N–H and O–H groups in total. The average Bonchev–Trinajstić information content (AvgIpc) is 3.01. The summed E-state index contributed by atoms with van der Waals surface area (Å²) in [5.41, 5.74) is 1.43. The summed E-state index contributed by atoms with van der Waals surface area (Å²) < 4.78 is 40.7. The van der Waals surface area contributed by atoms with E-state index in [1.54, 1.807) is 6.92 Å². The third-order valence-electron chi connectivity index (χ3n) is 6.37.